The first-order valence-electron chi connectivity index (χ1n) is 10.0. The molecule has 0 saturated carbocycles. The predicted octanol–water partition coefficient (Wildman–Crippen LogP) is 4.04. The fourth-order valence-electron chi connectivity index (χ4n) is 4.39. The lowest BCUT2D eigenvalue weighted by Crippen LogP contribution is -2.29. The van der Waals surface area contributed by atoms with Gasteiger partial charge in [-0.15, -0.1) is 0 Å². The maximum absolute atomic E-state index is 12.8. The van der Waals surface area contributed by atoms with E-state index in [1.165, 1.54) is 19.3 Å². The number of carbonyl (C=O) groups is 1. The molecule has 2 aliphatic rings. The van der Waals surface area contributed by atoms with Crippen molar-refractivity contribution in [2.24, 2.45) is 0 Å². The van der Waals surface area contributed by atoms with Crippen molar-refractivity contribution < 1.29 is 15.0 Å². The molecule has 3 N–H and O–H groups in total. The van der Waals surface area contributed by atoms with Gasteiger partial charge in [-0.05, 0) is 55.2 Å². The molecule has 0 spiro atoms. The lowest BCUT2D eigenvalue weighted by atomic mass is 10.1. The van der Waals surface area contributed by atoms with Crippen molar-refractivity contribution in [3.8, 4) is 17.3 Å². The SMILES string of the molecule is O=C(Nc1ccc(N2CCCCC2)cc1)c1c(O)c2n(c1O)-c1ccccc1C2. The summed E-state index contributed by atoms with van der Waals surface area (Å²) >= 11 is 0. The first-order valence-corrected chi connectivity index (χ1v) is 10.0. The predicted molar refractivity (Wildman–Crippen MR) is 112 cm³/mol. The number of hydrogen-bond acceptors (Lipinski definition) is 4. The van der Waals surface area contributed by atoms with Crippen LogP contribution in [-0.4, -0.2) is 33.8 Å². The van der Waals surface area contributed by atoms with Gasteiger partial charge in [0.05, 0.1) is 11.4 Å². The van der Waals surface area contributed by atoms with Gasteiger partial charge in [0.25, 0.3) is 5.91 Å². The number of aromatic nitrogens is 1. The first kappa shape index (κ1) is 17.7. The summed E-state index contributed by atoms with van der Waals surface area (Å²) in [5.74, 6) is -0.920. The number of amides is 1. The highest BCUT2D eigenvalue weighted by molar-refractivity contribution is 6.08. The van der Waals surface area contributed by atoms with Gasteiger partial charge >= 0.3 is 0 Å². The topological polar surface area (TPSA) is 77.7 Å². The Bertz CT molecular complexity index is 1080. The Morgan fingerprint density at radius 3 is 2.41 bits per heavy atom. The van der Waals surface area contributed by atoms with Gasteiger partial charge in [-0.25, -0.2) is 0 Å². The Hall–Kier alpha value is -3.41. The molecule has 29 heavy (non-hydrogen) atoms. The normalized spacial score (nSPS) is 15.1. The summed E-state index contributed by atoms with van der Waals surface area (Å²) < 4.78 is 1.55. The lowest BCUT2D eigenvalue weighted by Gasteiger charge is -2.28. The van der Waals surface area contributed by atoms with Gasteiger partial charge in [-0.3, -0.25) is 9.36 Å². The van der Waals surface area contributed by atoms with Crippen LogP contribution in [-0.2, 0) is 6.42 Å². The Balaban J connectivity index is 1.38. The van der Waals surface area contributed by atoms with E-state index >= 15 is 0 Å². The number of benzene rings is 2. The quantitative estimate of drug-likeness (QED) is 0.494. The molecule has 6 nitrogen and oxygen atoms in total. The van der Waals surface area contributed by atoms with Gasteiger partial charge in [0.15, 0.2) is 5.75 Å². The molecule has 6 heteroatoms. The van der Waals surface area contributed by atoms with Crippen molar-refractivity contribution >= 4 is 17.3 Å². The second-order valence-electron chi connectivity index (χ2n) is 7.68. The molecule has 0 aliphatic carbocycles. The second-order valence-corrected chi connectivity index (χ2v) is 7.68. The van der Waals surface area contributed by atoms with E-state index in [9.17, 15) is 15.0 Å². The highest BCUT2D eigenvalue weighted by atomic mass is 16.3. The summed E-state index contributed by atoms with van der Waals surface area (Å²) in [6.45, 7) is 2.12. The van der Waals surface area contributed by atoms with Crippen LogP contribution in [0.1, 0.15) is 40.9 Å². The van der Waals surface area contributed by atoms with E-state index in [1.807, 2.05) is 48.5 Å². The molecule has 5 rings (SSSR count). The highest BCUT2D eigenvalue weighted by Crippen LogP contribution is 2.43. The molecule has 3 heterocycles. The third kappa shape index (κ3) is 2.92. The molecule has 2 aliphatic heterocycles. The number of fused-ring (bicyclic) bond motifs is 3. The monoisotopic (exact) mass is 389 g/mol. The fraction of sp³-hybridized carbons (Fsp3) is 0.261. The number of para-hydroxylation sites is 1. The minimum absolute atomic E-state index is 0.0883. The van der Waals surface area contributed by atoms with Crippen LogP contribution in [0, 0.1) is 0 Å². The molecule has 0 bridgehead atoms. The third-order valence-corrected chi connectivity index (χ3v) is 5.88. The summed E-state index contributed by atoms with van der Waals surface area (Å²) in [6, 6.07) is 15.3. The largest absolute Gasteiger partial charge is 0.505 e. The molecule has 2 aromatic carbocycles. The molecule has 1 aromatic heterocycles. The van der Waals surface area contributed by atoms with E-state index in [-0.39, 0.29) is 17.2 Å². The van der Waals surface area contributed by atoms with Crippen molar-refractivity contribution in [2.75, 3.05) is 23.3 Å². The Labute approximate surface area is 169 Å². The Morgan fingerprint density at radius 2 is 1.66 bits per heavy atom. The van der Waals surface area contributed by atoms with Crippen LogP contribution >= 0.6 is 0 Å². The third-order valence-electron chi connectivity index (χ3n) is 5.88. The molecular formula is C23H23N3O3. The number of carbonyl (C=O) groups excluding carboxylic acids is 1. The lowest BCUT2D eigenvalue weighted by molar-refractivity contribution is 0.102. The van der Waals surface area contributed by atoms with Crippen molar-refractivity contribution in [3.05, 3.63) is 65.4 Å². The average molecular weight is 389 g/mol. The second kappa shape index (κ2) is 6.88. The van der Waals surface area contributed by atoms with Crippen LogP contribution in [0.5, 0.6) is 11.6 Å². The Morgan fingerprint density at radius 1 is 0.931 bits per heavy atom. The molecule has 3 aromatic rings. The first-order chi connectivity index (χ1) is 14.1. The Kier molecular flexibility index (Phi) is 4.19. The number of aromatic hydroxyl groups is 2. The number of rotatable bonds is 3. The van der Waals surface area contributed by atoms with E-state index in [1.54, 1.807) is 4.57 Å². The zero-order chi connectivity index (χ0) is 20.0. The van der Waals surface area contributed by atoms with E-state index in [0.717, 1.165) is 30.0 Å². The molecular weight excluding hydrogens is 366 g/mol. The van der Waals surface area contributed by atoms with Gasteiger partial charge in [0.2, 0.25) is 5.88 Å². The standard InChI is InChI=1S/C23H23N3O3/c27-21-19-14-15-6-2-3-7-18(15)26(19)23(29)20(21)22(28)24-16-8-10-17(11-9-16)25-12-4-1-5-13-25/h2-3,6-11,27,29H,1,4-5,12-14H2,(H,24,28). The molecule has 1 fully saturated rings. The molecule has 1 saturated heterocycles. The van der Waals surface area contributed by atoms with Crippen molar-refractivity contribution in [3.63, 3.8) is 0 Å². The van der Waals surface area contributed by atoms with Crippen molar-refractivity contribution in [1.29, 1.82) is 0 Å². The van der Waals surface area contributed by atoms with Crippen molar-refractivity contribution in [1.82, 2.24) is 4.57 Å². The van der Waals surface area contributed by atoms with Gasteiger partial charge in [0, 0.05) is 30.9 Å². The average Bonchev–Trinajstić information content (AvgIpc) is 3.25. The van der Waals surface area contributed by atoms with Crippen LogP contribution in [0.4, 0.5) is 11.4 Å². The maximum Gasteiger partial charge on any atom is 0.264 e. The summed E-state index contributed by atoms with van der Waals surface area (Å²) in [7, 11) is 0. The highest BCUT2D eigenvalue weighted by Gasteiger charge is 2.32. The number of anilines is 2. The molecule has 0 atom stereocenters. The molecule has 148 valence electrons. The smallest absolute Gasteiger partial charge is 0.264 e. The van der Waals surface area contributed by atoms with Gasteiger partial charge < -0.3 is 20.4 Å². The minimum Gasteiger partial charge on any atom is -0.505 e. The van der Waals surface area contributed by atoms with Crippen LogP contribution < -0.4 is 10.2 Å². The number of nitrogens with one attached hydrogen (secondary N) is 1. The summed E-state index contributed by atoms with van der Waals surface area (Å²) in [5, 5.41) is 24.1. The molecule has 1 amide bonds. The van der Waals surface area contributed by atoms with Crippen LogP contribution in [0.3, 0.4) is 0 Å². The molecule has 0 radical (unpaired) electrons. The maximum atomic E-state index is 12.8. The van der Waals surface area contributed by atoms with Crippen LogP contribution in [0.25, 0.3) is 5.69 Å². The van der Waals surface area contributed by atoms with Gasteiger partial charge in [0.1, 0.15) is 5.56 Å². The van der Waals surface area contributed by atoms with E-state index in [2.05, 4.69) is 10.2 Å². The summed E-state index contributed by atoms with van der Waals surface area (Å²) in [5.41, 5.74) is 4.02. The van der Waals surface area contributed by atoms with Gasteiger partial charge in [-0.2, -0.15) is 0 Å². The van der Waals surface area contributed by atoms with Gasteiger partial charge in [-0.1, -0.05) is 18.2 Å². The number of piperidine rings is 1. The summed E-state index contributed by atoms with van der Waals surface area (Å²) in [4.78, 5) is 15.2. The van der Waals surface area contributed by atoms with Crippen molar-refractivity contribution in [2.45, 2.75) is 25.7 Å². The molecule has 0 unspecified atom stereocenters. The van der Waals surface area contributed by atoms with E-state index in [0.29, 0.717) is 17.8 Å². The zero-order valence-electron chi connectivity index (χ0n) is 16.1. The van der Waals surface area contributed by atoms with Crippen LogP contribution in [0.2, 0.25) is 0 Å². The fourth-order valence-corrected chi connectivity index (χ4v) is 4.39. The number of nitrogens with zero attached hydrogens (tertiary/aromatic N) is 2. The van der Waals surface area contributed by atoms with E-state index < -0.39 is 5.91 Å². The van der Waals surface area contributed by atoms with E-state index in [4.69, 9.17) is 0 Å². The number of hydrogen-bond donors (Lipinski definition) is 3. The zero-order valence-corrected chi connectivity index (χ0v) is 16.1. The summed E-state index contributed by atoms with van der Waals surface area (Å²) in [6.07, 6.45) is 4.18. The minimum atomic E-state index is -0.523. The van der Waals surface area contributed by atoms with Crippen LogP contribution in [0.15, 0.2) is 48.5 Å².